The Hall–Kier alpha value is -1.14. The number of hydrogen-bond acceptors (Lipinski definition) is 5. The molecule has 0 aliphatic rings. The molecule has 64 valence electrons. The fourth-order valence-electron chi connectivity index (χ4n) is 0.304. The first kappa shape index (κ1) is 9.86. The van der Waals surface area contributed by atoms with Gasteiger partial charge in [0.1, 0.15) is 0 Å². The minimum atomic E-state index is -1.66. The molecule has 0 amide bonds. The number of carbonyl (C=O) groups is 2. The zero-order chi connectivity index (χ0) is 8.85. The molecule has 0 fully saturated rings. The maximum absolute atomic E-state index is 10.4. The first-order valence-electron chi connectivity index (χ1n) is 2.75. The van der Waals surface area contributed by atoms with E-state index in [-0.39, 0.29) is 0 Å². The van der Waals surface area contributed by atoms with Crippen LogP contribution < -0.4 is 0 Å². The van der Waals surface area contributed by atoms with Crippen molar-refractivity contribution in [2.24, 2.45) is 0 Å². The number of esters is 1. The summed E-state index contributed by atoms with van der Waals surface area (Å²) in [5.41, 5.74) is 0. The number of aliphatic hydroxyl groups is 2. The molecule has 1 unspecified atom stereocenters. The lowest BCUT2D eigenvalue weighted by Gasteiger charge is -2.04. The smallest absolute Gasteiger partial charge is 0.341 e. The third kappa shape index (κ3) is 4.29. The highest BCUT2D eigenvalue weighted by atomic mass is 16.6. The lowest BCUT2D eigenvalue weighted by atomic mass is 10.4. The summed E-state index contributed by atoms with van der Waals surface area (Å²) in [4.78, 5) is 20.2. The third-order valence-electron chi connectivity index (χ3n) is 0.783. The fraction of sp³-hybridized carbons (Fsp3) is 0.600. The van der Waals surface area contributed by atoms with Crippen molar-refractivity contribution in [3.8, 4) is 0 Å². The van der Waals surface area contributed by atoms with Crippen LogP contribution in [0.1, 0.15) is 0 Å². The van der Waals surface area contributed by atoms with Crippen molar-refractivity contribution in [1.82, 2.24) is 0 Å². The summed E-state index contributed by atoms with van der Waals surface area (Å²) in [6.07, 6.45) is -1.66. The highest BCUT2D eigenvalue weighted by molar-refractivity contribution is 5.78. The van der Waals surface area contributed by atoms with E-state index in [9.17, 15) is 9.59 Å². The highest BCUT2D eigenvalue weighted by Gasteiger charge is 2.15. The number of ether oxygens (including phenoxy) is 1. The van der Waals surface area contributed by atoms with E-state index in [2.05, 4.69) is 4.74 Å². The van der Waals surface area contributed by atoms with Crippen molar-refractivity contribution < 1.29 is 29.6 Å². The van der Waals surface area contributed by atoms with Crippen LogP contribution in [0.5, 0.6) is 0 Å². The second-order valence-electron chi connectivity index (χ2n) is 1.70. The van der Waals surface area contributed by atoms with Gasteiger partial charge in [-0.3, -0.25) is 0 Å². The summed E-state index contributed by atoms with van der Waals surface area (Å²) in [5.74, 6) is -2.46. The molecule has 0 saturated heterocycles. The molecule has 1 atom stereocenters. The van der Waals surface area contributed by atoms with E-state index >= 15 is 0 Å². The Labute approximate surface area is 62.0 Å². The van der Waals surface area contributed by atoms with Crippen molar-refractivity contribution in [3.63, 3.8) is 0 Å². The average molecular weight is 164 g/mol. The van der Waals surface area contributed by atoms with Gasteiger partial charge in [-0.15, -0.1) is 0 Å². The van der Waals surface area contributed by atoms with Gasteiger partial charge in [0.2, 0.25) is 0 Å². The first-order chi connectivity index (χ1) is 5.07. The van der Waals surface area contributed by atoms with Crippen LogP contribution in [0.25, 0.3) is 0 Å². The van der Waals surface area contributed by atoms with E-state index in [1.807, 2.05) is 0 Å². The standard InChI is InChI=1S/C5H8O6/c6-1-3(7)5(10)11-2-4(8)9/h3,6-7H,1-2H2,(H,8,9). The van der Waals surface area contributed by atoms with Gasteiger partial charge in [-0.05, 0) is 0 Å². The third-order valence-corrected chi connectivity index (χ3v) is 0.783. The van der Waals surface area contributed by atoms with Gasteiger partial charge >= 0.3 is 11.9 Å². The minimum absolute atomic E-state index is 0.779. The summed E-state index contributed by atoms with van der Waals surface area (Å²) >= 11 is 0. The Bertz CT molecular complexity index is 153. The van der Waals surface area contributed by atoms with Crippen molar-refractivity contribution in [2.45, 2.75) is 6.10 Å². The van der Waals surface area contributed by atoms with Crippen molar-refractivity contribution >= 4 is 11.9 Å². The SMILES string of the molecule is O=C(O)COC(=O)C(O)CO. The van der Waals surface area contributed by atoms with Gasteiger partial charge in [0.05, 0.1) is 6.61 Å². The van der Waals surface area contributed by atoms with Crippen LogP contribution in [0.4, 0.5) is 0 Å². The molecule has 6 heteroatoms. The van der Waals surface area contributed by atoms with Gasteiger partial charge in [-0.2, -0.15) is 0 Å². The van der Waals surface area contributed by atoms with Gasteiger partial charge in [0.25, 0.3) is 0 Å². The van der Waals surface area contributed by atoms with Crippen molar-refractivity contribution in [3.05, 3.63) is 0 Å². The Morgan fingerprint density at radius 2 is 2.00 bits per heavy atom. The first-order valence-corrected chi connectivity index (χ1v) is 2.75. The summed E-state index contributed by atoms with van der Waals surface area (Å²) < 4.78 is 4.01. The van der Waals surface area contributed by atoms with Gasteiger partial charge in [0.15, 0.2) is 12.7 Å². The van der Waals surface area contributed by atoms with Crippen LogP contribution in [0, 0.1) is 0 Å². The van der Waals surface area contributed by atoms with Gasteiger partial charge < -0.3 is 20.1 Å². The number of carboxylic acid groups (broad SMARTS) is 1. The highest BCUT2D eigenvalue weighted by Crippen LogP contribution is 1.86. The molecular weight excluding hydrogens is 156 g/mol. The Kier molecular flexibility index (Phi) is 4.16. The van der Waals surface area contributed by atoms with Crippen LogP contribution in [-0.4, -0.2) is 46.6 Å². The van der Waals surface area contributed by atoms with E-state index < -0.39 is 31.3 Å². The molecule has 0 radical (unpaired) electrons. The van der Waals surface area contributed by atoms with Crippen molar-refractivity contribution in [2.75, 3.05) is 13.2 Å². The number of carboxylic acids is 1. The lowest BCUT2D eigenvalue weighted by molar-refractivity contribution is -0.162. The summed E-state index contributed by atoms with van der Waals surface area (Å²) in [6.45, 7) is -1.59. The number of hydrogen-bond donors (Lipinski definition) is 3. The second-order valence-corrected chi connectivity index (χ2v) is 1.70. The van der Waals surface area contributed by atoms with Crippen LogP contribution in [0.15, 0.2) is 0 Å². The molecule has 0 aromatic heterocycles. The maximum Gasteiger partial charge on any atom is 0.341 e. The zero-order valence-corrected chi connectivity index (χ0v) is 5.56. The predicted octanol–water partition coefficient (Wildman–Crippen LogP) is -2.03. The Balaban J connectivity index is 3.60. The number of aliphatic hydroxyl groups excluding tert-OH is 2. The molecule has 0 aromatic rings. The number of aliphatic carboxylic acids is 1. The second kappa shape index (κ2) is 4.64. The molecule has 0 heterocycles. The van der Waals surface area contributed by atoms with Crippen LogP contribution in [-0.2, 0) is 14.3 Å². The number of rotatable bonds is 4. The van der Waals surface area contributed by atoms with Crippen LogP contribution >= 0.6 is 0 Å². The summed E-state index contributed by atoms with van der Waals surface area (Å²) in [5, 5.41) is 24.7. The molecule has 0 rings (SSSR count). The molecule has 0 aliphatic carbocycles. The number of carbonyl (C=O) groups excluding carboxylic acids is 1. The maximum atomic E-state index is 10.4. The van der Waals surface area contributed by atoms with E-state index in [1.54, 1.807) is 0 Å². The molecule has 3 N–H and O–H groups in total. The monoisotopic (exact) mass is 164 g/mol. The van der Waals surface area contributed by atoms with Crippen molar-refractivity contribution in [1.29, 1.82) is 0 Å². The molecule has 0 aromatic carbocycles. The fourth-order valence-corrected chi connectivity index (χ4v) is 0.304. The van der Waals surface area contributed by atoms with Crippen LogP contribution in [0.3, 0.4) is 0 Å². The van der Waals surface area contributed by atoms with E-state index in [1.165, 1.54) is 0 Å². The normalized spacial score (nSPS) is 12.2. The van der Waals surface area contributed by atoms with E-state index in [0.29, 0.717) is 0 Å². The topological polar surface area (TPSA) is 104 Å². The van der Waals surface area contributed by atoms with Gasteiger partial charge in [0, 0.05) is 0 Å². The molecular formula is C5H8O6. The largest absolute Gasteiger partial charge is 0.479 e. The quantitative estimate of drug-likeness (QED) is 0.414. The Morgan fingerprint density at radius 3 is 2.36 bits per heavy atom. The van der Waals surface area contributed by atoms with Crippen LogP contribution in [0.2, 0.25) is 0 Å². The summed E-state index contributed by atoms with van der Waals surface area (Å²) in [7, 11) is 0. The van der Waals surface area contributed by atoms with Gasteiger partial charge in [-0.1, -0.05) is 0 Å². The average Bonchev–Trinajstić information content (AvgIpc) is 1.98. The lowest BCUT2D eigenvalue weighted by Crippen LogP contribution is -2.28. The molecule has 0 bridgehead atoms. The predicted molar refractivity (Wildman–Crippen MR) is 31.7 cm³/mol. The van der Waals surface area contributed by atoms with E-state index in [4.69, 9.17) is 15.3 Å². The molecule has 0 spiro atoms. The Morgan fingerprint density at radius 1 is 1.45 bits per heavy atom. The van der Waals surface area contributed by atoms with Gasteiger partial charge in [-0.25, -0.2) is 9.59 Å². The minimum Gasteiger partial charge on any atom is -0.479 e. The zero-order valence-electron chi connectivity index (χ0n) is 5.56. The molecule has 0 saturated carbocycles. The molecule has 11 heavy (non-hydrogen) atoms. The molecule has 6 nitrogen and oxygen atoms in total. The van der Waals surface area contributed by atoms with E-state index in [0.717, 1.165) is 0 Å². The molecule has 0 aliphatic heterocycles. The summed E-state index contributed by atoms with van der Waals surface area (Å²) in [6, 6.07) is 0.